The van der Waals surface area contributed by atoms with Gasteiger partial charge in [0.15, 0.2) is 0 Å². The first-order chi connectivity index (χ1) is 9.10. The quantitative estimate of drug-likeness (QED) is 0.922. The van der Waals surface area contributed by atoms with Crippen molar-refractivity contribution in [2.45, 2.75) is 32.2 Å². The first-order valence-electron chi connectivity index (χ1n) is 6.84. The lowest BCUT2D eigenvalue weighted by Gasteiger charge is -2.26. The molecule has 0 fully saturated rings. The van der Waals surface area contributed by atoms with Crippen LogP contribution in [0.4, 0.5) is 0 Å². The fourth-order valence-corrected chi connectivity index (χ4v) is 2.85. The molecule has 2 rings (SSSR count). The van der Waals surface area contributed by atoms with E-state index in [4.69, 9.17) is 0 Å². The average Bonchev–Trinajstić information content (AvgIpc) is 2.43. The zero-order chi connectivity index (χ0) is 13.8. The highest BCUT2D eigenvalue weighted by atomic mass is 79.9. The van der Waals surface area contributed by atoms with Crippen molar-refractivity contribution in [3.8, 4) is 0 Å². The van der Waals surface area contributed by atoms with Gasteiger partial charge in [-0.05, 0) is 49.4 Å². The second kappa shape index (κ2) is 6.53. The number of hydrogen-bond acceptors (Lipinski definition) is 2. The van der Waals surface area contributed by atoms with Gasteiger partial charge in [-0.2, -0.15) is 0 Å². The van der Waals surface area contributed by atoms with E-state index in [1.807, 2.05) is 14.0 Å². The van der Waals surface area contributed by atoms with E-state index in [1.54, 1.807) is 4.90 Å². The van der Waals surface area contributed by atoms with Crippen LogP contribution in [0.15, 0.2) is 22.7 Å². The molecule has 0 heterocycles. The number of hydrogen-bond donors (Lipinski definition) is 1. The summed E-state index contributed by atoms with van der Waals surface area (Å²) in [5.74, 6) is 0.170. The van der Waals surface area contributed by atoms with Gasteiger partial charge in [-0.3, -0.25) is 4.79 Å². The predicted molar refractivity (Wildman–Crippen MR) is 81.3 cm³/mol. The Morgan fingerprint density at radius 2 is 2.26 bits per heavy atom. The van der Waals surface area contributed by atoms with Crippen molar-refractivity contribution in [1.29, 1.82) is 0 Å². The van der Waals surface area contributed by atoms with E-state index in [1.165, 1.54) is 11.1 Å². The van der Waals surface area contributed by atoms with Crippen molar-refractivity contribution in [1.82, 2.24) is 10.2 Å². The first kappa shape index (κ1) is 14.5. The number of nitrogens with zero attached hydrogens (tertiary/aromatic N) is 1. The van der Waals surface area contributed by atoms with E-state index in [2.05, 4.69) is 39.4 Å². The van der Waals surface area contributed by atoms with Crippen LogP contribution in [-0.4, -0.2) is 37.0 Å². The normalized spacial score (nSPS) is 17.9. The molecular formula is C15H21BrN2O. The van der Waals surface area contributed by atoms with Gasteiger partial charge in [0.1, 0.15) is 0 Å². The minimum atomic E-state index is 0.170. The number of carbonyl (C=O) groups excluding carboxylic acids is 1. The standard InChI is InChI=1S/C15H21BrN2O/c1-3-18(2)15(19)10-17-14-7-5-11-8-13(16)6-4-12(11)9-14/h4,6,8,14,17H,3,5,7,9-10H2,1-2H3. The van der Waals surface area contributed by atoms with Gasteiger partial charge in [-0.1, -0.05) is 22.0 Å². The number of halogens is 1. The Morgan fingerprint density at radius 3 is 3.00 bits per heavy atom. The van der Waals surface area contributed by atoms with Gasteiger partial charge in [0.05, 0.1) is 6.54 Å². The monoisotopic (exact) mass is 324 g/mol. The van der Waals surface area contributed by atoms with E-state index in [-0.39, 0.29) is 5.91 Å². The van der Waals surface area contributed by atoms with Crippen LogP contribution in [0.1, 0.15) is 24.5 Å². The summed E-state index contributed by atoms with van der Waals surface area (Å²) in [4.78, 5) is 13.5. The smallest absolute Gasteiger partial charge is 0.236 e. The zero-order valence-corrected chi connectivity index (χ0v) is 13.2. The summed E-state index contributed by atoms with van der Waals surface area (Å²) >= 11 is 3.51. The average molecular weight is 325 g/mol. The second-order valence-corrected chi connectivity index (χ2v) is 6.06. The maximum atomic E-state index is 11.8. The number of benzene rings is 1. The van der Waals surface area contributed by atoms with E-state index in [0.717, 1.165) is 30.3 Å². The molecule has 0 saturated carbocycles. The van der Waals surface area contributed by atoms with Crippen LogP contribution in [0.3, 0.4) is 0 Å². The minimum absolute atomic E-state index is 0.170. The molecule has 4 heteroatoms. The van der Waals surface area contributed by atoms with Gasteiger partial charge in [0.25, 0.3) is 0 Å². The van der Waals surface area contributed by atoms with E-state index >= 15 is 0 Å². The molecule has 1 aliphatic carbocycles. The molecule has 104 valence electrons. The lowest BCUT2D eigenvalue weighted by Crippen LogP contribution is -2.42. The van der Waals surface area contributed by atoms with Crippen LogP contribution in [0.5, 0.6) is 0 Å². The number of aryl methyl sites for hydroxylation is 1. The third-order valence-corrected chi connectivity index (χ3v) is 4.33. The van der Waals surface area contributed by atoms with Gasteiger partial charge < -0.3 is 10.2 Å². The molecule has 0 bridgehead atoms. The third-order valence-electron chi connectivity index (χ3n) is 3.84. The highest BCUT2D eigenvalue weighted by Gasteiger charge is 2.19. The number of fused-ring (bicyclic) bond motifs is 1. The number of nitrogens with one attached hydrogen (secondary N) is 1. The van der Waals surface area contributed by atoms with Crippen molar-refractivity contribution in [3.05, 3.63) is 33.8 Å². The maximum absolute atomic E-state index is 11.8. The molecule has 1 aromatic rings. The number of carbonyl (C=O) groups is 1. The zero-order valence-electron chi connectivity index (χ0n) is 11.6. The number of likely N-dealkylation sites (N-methyl/N-ethyl adjacent to an activating group) is 1. The first-order valence-corrected chi connectivity index (χ1v) is 7.64. The summed E-state index contributed by atoms with van der Waals surface area (Å²) in [5.41, 5.74) is 2.84. The molecule has 1 aliphatic rings. The van der Waals surface area contributed by atoms with Gasteiger partial charge in [-0.25, -0.2) is 0 Å². The Hall–Kier alpha value is -0.870. The largest absolute Gasteiger partial charge is 0.345 e. The molecule has 1 N–H and O–H groups in total. The Labute approximate surface area is 123 Å². The summed E-state index contributed by atoms with van der Waals surface area (Å²) in [6, 6.07) is 6.91. The Kier molecular flexibility index (Phi) is 4.99. The van der Waals surface area contributed by atoms with Gasteiger partial charge in [0, 0.05) is 24.1 Å². The van der Waals surface area contributed by atoms with Crippen LogP contribution in [0.25, 0.3) is 0 Å². The van der Waals surface area contributed by atoms with Crippen molar-refractivity contribution < 1.29 is 4.79 Å². The van der Waals surface area contributed by atoms with Crippen molar-refractivity contribution in [2.24, 2.45) is 0 Å². The molecule has 1 aromatic carbocycles. The van der Waals surface area contributed by atoms with Crippen LogP contribution in [0.2, 0.25) is 0 Å². The van der Waals surface area contributed by atoms with Gasteiger partial charge in [-0.15, -0.1) is 0 Å². The minimum Gasteiger partial charge on any atom is -0.345 e. The molecule has 1 unspecified atom stereocenters. The summed E-state index contributed by atoms with van der Waals surface area (Å²) in [5, 5.41) is 3.39. The Balaban J connectivity index is 1.88. The number of rotatable bonds is 4. The molecule has 3 nitrogen and oxygen atoms in total. The molecule has 0 aliphatic heterocycles. The summed E-state index contributed by atoms with van der Waals surface area (Å²) in [6.07, 6.45) is 3.21. The van der Waals surface area contributed by atoms with Crippen LogP contribution in [0, 0.1) is 0 Å². The van der Waals surface area contributed by atoms with Crippen LogP contribution < -0.4 is 5.32 Å². The van der Waals surface area contributed by atoms with Crippen LogP contribution >= 0.6 is 15.9 Å². The SMILES string of the molecule is CCN(C)C(=O)CNC1CCc2cc(Br)ccc2C1. The van der Waals surface area contributed by atoms with Crippen molar-refractivity contribution in [3.63, 3.8) is 0 Å². The Bertz CT molecular complexity index is 461. The molecular weight excluding hydrogens is 304 g/mol. The van der Waals surface area contributed by atoms with E-state index < -0.39 is 0 Å². The lowest BCUT2D eigenvalue weighted by molar-refractivity contribution is -0.128. The molecule has 19 heavy (non-hydrogen) atoms. The Morgan fingerprint density at radius 1 is 1.47 bits per heavy atom. The highest BCUT2D eigenvalue weighted by Crippen LogP contribution is 2.24. The fraction of sp³-hybridized carbons (Fsp3) is 0.533. The van der Waals surface area contributed by atoms with Crippen molar-refractivity contribution >= 4 is 21.8 Å². The lowest BCUT2D eigenvalue weighted by atomic mass is 9.88. The summed E-state index contributed by atoms with van der Waals surface area (Å²) < 4.78 is 1.15. The third kappa shape index (κ3) is 3.80. The van der Waals surface area contributed by atoms with Gasteiger partial charge >= 0.3 is 0 Å². The second-order valence-electron chi connectivity index (χ2n) is 5.14. The predicted octanol–water partition coefficient (Wildman–Crippen LogP) is 2.37. The summed E-state index contributed by atoms with van der Waals surface area (Å²) in [7, 11) is 1.84. The molecule has 0 aromatic heterocycles. The van der Waals surface area contributed by atoms with Gasteiger partial charge in [0.2, 0.25) is 5.91 Å². The fourth-order valence-electron chi connectivity index (χ4n) is 2.44. The number of amides is 1. The van der Waals surface area contributed by atoms with Crippen molar-refractivity contribution in [2.75, 3.05) is 20.1 Å². The summed E-state index contributed by atoms with van der Waals surface area (Å²) in [6.45, 7) is 3.20. The van der Waals surface area contributed by atoms with E-state index in [9.17, 15) is 4.79 Å². The molecule has 1 amide bonds. The highest BCUT2D eigenvalue weighted by molar-refractivity contribution is 9.10. The van der Waals surface area contributed by atoms with E-state index in [0.29, 0.717) is 12.6 Å². The van der Waals surface area contributed by atoms with Crippen LogP contribution in [-0.2, 0) is 17.6 Å². The topological polar surface area (TPSA) is 32.3 Å². The molecule has 0 radical (unpaired) electrons. The maximum Gasteiger partial charge on any atom is 0.236 e. The molecule has 0 saturated heterocycles. The molecule has 1 atom stereocenters. The molecule has 0 spiro atoms.